The lowest BCUT2D eigenvalue weighted by atomic mass is 10.2. The third-order valence-electron chi connectivity index (χ3n) is 2.77. The van der Waals surface area contributed by atoms with E-state index in [4.69, 9.17) is 16.3 Å². The maximum absolute atomic E-state index is 11.9. The molecule has 0 aromatic carbocycles. The Labute approximate surface area is 104 Å². The van der Waals surface area contributed by atoms with Gasteiger partial charge >= 0.3 is 5.97 Å². The Morgan fingerprint density at radius 1 is 1.53 bits per heavy atom. The Morgan fingerprint density at radius 3 is 2.88 bits per heavy atom. The van der Waals surface area contributed by atoms with Crippen LogP contribution in [0.5, 0.6) is 0 Å². The second-order valence-corrected chi connectivity index (χ2v) is 4.13. The van der Waals surface area contributed by atoms with E-state index in [2.05, 4.69) is 4.98 Å². The van der Waals surface area contributed by atoms with E-state index < -0.39 is 0 Å². The molecule has 5 heteroatoms. The van der Waals surface area contributed by atoms with Gasteiger partial charge in [-0.2, -0.15) is 0 Å². The number of pyridine rings is 1. The highest BCUT2D eigenvalue weighted by atomic mass is 35.5. The highest BCUT2D eigenvalue weighted by Gasteiger charge is 2.20. The molecule has 0 amide bonds. The van der Waals surface area contributed by atoms with Gasteiger partial charge in [0.15, 0.2) is 0 Å². The van der Waals surface area contributed by atoms with Crippen molar-refractivity contribution in [3.8, 4) is 0 Å². The van der Waals surface area contributed by atoms with Gasteiger partial charge in [0.25, 0.3) is 0 Å². The van der Waals surface area contributed by atoms with Crippen LogP contribution in [0.1, 0.15) is 23.0 Å². The molecular formula is C12H13ClN2O2. The van der Waals surface area contributed by atoms with Gasteiger partial charge in [-0.25, -0.2) is 9.78 Å². The van der Waals surface area contributed by atoms with Crippen LogP contribution in [0.15, 0.2) is 12.1 Å². The number of halogens is 1. The van der Waals surface area contributed by atoms with Crippen LogP contribution in [0, 0.1) is 6.92 Å². The molecule has 0 aliphatic heterocycles. The molecule has 2 aromatic heterocycles. The number of rotatable bonds is 2. The number of fused-ring (bicyclic) bond motifs is 1. The molecule has 0 saturated carbocycles. The summed E-state index contributed by atoms with van der Waals surface area (Å²) >= 11 is 5.85. The van der Waals surface area contributed by atoms with Crippen LogP contribution in [0.25, 0.3) is 11.0 Å². The number of ether oxygens (including phenoxy) is 1. The van der Waals surface area contributed by atoms with Crippen LogP contribution in [0.3, 0.4) is 0 Å². The van der Waals surface area contributed by atoms with Crippen LogP contribution in [0.2, 0.25) is 5.15 Å². The molecule has 0 bridgehead atoms. The molecule has 0 aliphatic carbocycles. The molecule has 2 aromatic rings. The van der Waals surface area contributed by atoms with E-state index in [0.717, 1.165) is 11.1 Å². The first-order valence-electron chi connectivity index (χ1n) is 5.35. The van der Waals surface area contributed by atoms with Crippen molar-refractivity contribution in [2.45, 2.75) is 13.8 Å². The number of carbonyl (C=O) groups excluding carboxylic acids is 1. The van der Waals surface area contributed by atoms with Crippen molar-refractivity contribution in [2.24, 2.45) is 7.05 Å². The highest BCUT2D eigenvalue weighted by Crippen LogP contribution is 2.25. The summed E-state index contributed by atoms with van der Waals surface area (Å²) in [7, 11) is 1.85. The molecule has 0 spiro atoms. The van der Waals surface area contributed by atoms with Crippen LogP contribution < -0.4 is 0 Å². The van der Waals surface area contributed by atoms with E-state index >= 15 is 0 Å². The summed E-state index contributed by atoms with van der Waals surface area (Å²) in [5, 5.41) is 1.18. The van der Waals surface area contributed by atoms with E-state index in [1.54, 1.807) is 19.1 Å². The van der Waals surface area contributed by atoms with Gasteiger partial charge in [-0.05, 0) is 26.0 Å². The molecule has 0 radical (unpaired) electrons. The highest BCUT2D eigenvalue weighted by molar-refractivity contribution is 6.29. The second-order valence-electron chi connectivity index (χ2n) is 3.75. The topological polar surface area (TPSA) is 44.1 Å². The molecule has 0 saturated heterocycles. The standard InChI is InChI=1S/C12H13ClN2O2/c1-4-17-12(16)10-7(2)15(3)11-8(10)5-6-9(13)14-11/h5-6H,4H2,1-3H3. The number of hydrogen-bond donors (Lipinski definition) is 0. The third-order valence-corrected chi connectivity index (χ3v) is 2.98. The quantitative estimate of drug-likeness (QED) is 0.610. The minimum atomic E-state index is -0.320. The third kappa shape index (κ3) is 1.89. The molecule has 2 heterocycles. The summed E-state index contributed by atoms with van der Waals surface area (Å²) < 4.78 is 6.89. The lowest BCUT2D eigenvalue weighted by Crippen LogP contribution is -2.06. The number of nitrogens with zero attached hydrogens (tertiary/aromatic N) is 2. The Hall–Kier alpha value is -1.55. The molecule has 0 fully saturated rings. The number of esters is 1. The average molecular weight is 253 g/mol. The minimum Gasteiger partial charge on any atom is -0.462 e. The molecule has 4 nitrogen and oxygen atoms in total. The zero-order valence-corrected chi connectivity index (χ0v) is 10.7. The number of aryl methyl sites for hydroxylation is 1. The van der Waals surface area contributed by atoms with E-state index in [-0.39, 0.29) is 5.97 Å². The molecule has 0 N–H and O–H groups in total. The van der Waals surface area contributed by atoms with E-state index in [1.807, 2.05) is 18.5 Å². The average Bonchev–Trinajstić information content (AvgIpc) is 2.53. The summed E-state index contributed by atoms with van der Waals surface area (Å²) in [6, 6.07) is 3.47. The van der Waals surface area contributed by atoms with Gasteiger partial charge in [-0.3, -0.25) is 0 Å². The molecule has 0 atom stereocenters. The summed E-state index contributed by atoms with van der Waals surface area (Å²) in [4.78, 5) is 16.1. The summed E-state index contributed by atoms with van der Waals surface area (Å²) in [5.74, 6) is -0.320. The molecular weight excluding hydrogens is 240 g/mol. The van der Waals surface area contributed by atoms with Crippen molar-refractivity contribution < 1.29 is 9.53 Å². The van der Waals surface area contributed by atoms with E-state index in [1.165, 1.54) is 0 Å². The predicted molar refractivity (Wildman–Crippen MR) is 66.4 cm³/mol. The number of aromatic nitrogens is 2. The monoisotopic (exact) mass is 252 g/mol. The molecule has 90 valence electrons. The van der Waals surface area contributed by atoms with Gasteiger partial charge in [0.1, 0.15) is 10.8 Å². The Bertz CT molecular complexity index is 590. The van der Waals surface area contributed by atoms with Crippen molar-refractivity contribution >= 4 is 28.6 Å². The van der Waals surface area contributed by atoms with Crippen molar-refractivity contribution in [2.75, 3.05) is 6.61 Å². The molecule has 17 heavy (non-hydrogen) atoms. The van der Waals surface area contributed by atoms with Crippen LogP contribution in [-0.4, -0.2) is 22.1 Å². The smallest absolute Gasteiger partial charge is 0.340 e. The maximum Gasteiger partial charge on any atom is 0.340 e. The normalized spacial score (nSPS) is 10.8. The lowest BCUT2D eigenvalue weighted by Gasteiger charge is -2.01. The van der Waals surface area contributed by atoms with Crippen LogP contribution in [-0.2, 0) is 11.8 Å². The Kier molecular flexibility index (Phi) is 3.07. The number of hydrogen-bond acceptors (Lipinski definition) is 3. The maximum atomic E-state index is 11.9. The van der Waals surface area contributed by atoms with Gasteiger partial charge < -0.3 is 9.30 Å². The fourth-order valence-electron chi connectivity index (χ4n) is 1.86. The van der Waals surface area contributed by atoms with Gasteiger partial charge in [0, 0.05) is 18.1 Å². The minimum absolute atomic E-state index is 0.320. The molecule has 0 aliphatic rings. The first kappa shape index (κ1) is 11.9. The van der Waals surface area contributed by atoms with Crippen molar-refractivity contribution in [1.82, 2.24) is 9.55 Å². The predicted octanol–water partition coefficient (Wildman–Crippen LogP) is 2.71. The SMILES string of the molecule is CCOC(=O)c1c(C)n(C)c2nc(Cl)ccc12. The second kappa shape index (κ2) is 4.37. The zero-order valence-electron chi connectivity index (χ0n) is 9.95. The van der Waals surface area contributed by atoms with Gasteiger partial charge in [0.2, 0.25) is 0 Å². The fraction of sp³-hybridized carbons (Fsp3) is 0.333. The largest absolute Gasteiger partial charge is 0.462 e. The Balaban J connectivity index is 2.71. The summed E-state index contributed by atoms with van der Waals surface area (Å²) in [5.41, 5.74) is 2.08. The van der Waals surface area contributed by atoms with Crippen LogP contribution >= 0.6 is 11.6 Å². The van der Waals surface area contributed by atoms with Crippen molar-refractivity contribution in [1.29, 1.82) is 0 Å². The zero-order chi connectivity index (χ0) is 12.6. The van der Waals surface area contributed by atoms with E-state index in [0.29, 0.717) is 23.0 Å². The van der Waals surface area contributed by atoms with Crippen molar-refractivity contribution in [3.63, 3.8) is 0 Å². The molecule has 2 rings (SSSR count). The fourth-order valence-corrected chi connectivity index (χ4v) is 2.00. The number of carbonyl (C=O) groups is 1. The Morgan fingerprint density at radius 2 is 2.24 bits per heavy atom. The summed E-state index contributed by atoms with van der Waals surface area (Å²) in [6.45, 7) is 4.00. The van der Waals surface area contributed by atoms with Crippen molar-refractivity contribution in [3.05, 3.63) is 28.5 Å². The molecule has 0 unspecified atom stereocenters. The first-order valence-corrected chi connectivity index (χ1v) is 5.72. The summed E-state index contributed by atoms with van der Waals surface area (Å²) in [6.07, 6.45) is 0. The van der Waals surface area contributed by atoms with Crippen LogP contribution in [0.4, 0.5) is 0 Å². The van der Waals surface area contributed by atoms with Gasteiger partial charge in [0.05, 0.1) is 12.2 Å². The van der Waals surface area contributed by atoms with E-state index in [9.17, 15) is 4.79 Å². The lowest BCUT2D eigenvalue weighted by molar-refractivity contribution is 0.0527. The first-order chi connectivity index (χ1) is 8.06. The van der Waals surface area contributed by atoms with Gasteiger partial charge in [-0.1, -0.05) is 11.6 Å². The van der Waals surface area contributed by atoms with Gasteiger partial charge in [-0.15, -0.1) is 0 Å².